The first-order valence-corrected chi connectivity index (χ1v) is 6.50. The van der Waals surface area contributed by atoms with Crippen molar-refractivity contribution in [2.24, 2.45) is 0 Å². The standard InChI is InChI=1S/C13H9Cl2FN2S/c14-10-5-2-6-11(12(10)15)18-13(19)17-9-4-1-3-8(16)7-9/h1-7H,(H2,17,18,19). The molecule has 0 amide bonds. The van der Waals surface area contributed by atoms with E-state index in [0.717, 1.165) is 0 Å². The molecule has 0 aliphatic heterocycles. The monoisotopic (exact) mass is 314 g/mol. The average Bonchev–Trinajstić information content (AvgIpc) is 2.35. The fourth-order valence-electron chi connectivity index (χ4n) is 1.45. The van der Waals surface area contributed by atoms with E-state index in [9.17, 15) is 4.39 Å². The first-order valence-electron chi connectivity index (χ1n) is 5.34. The molecular formula is C13H9Cl2FN2S. The van der Waals surface area contributed by atoms with Gasteiger partial charge in [-0.15, -0.1) is 0 Å². The van der Waals surface area contributed by atoms with Crippen molar-refractivity contribution in [3.8, 4) is 0 Å². The molecule has 0 unspecified atom stereocenters. The van der Waals surface area contributed by atoms with E-state index >= 15 is 0 Å². The molecule has 0 atom stereocenters. The molecular weight excluding hydrogens is 306 g/mol. The van der Waals surface area contributed by atoms with Crippen molar-refractivity contribution < 1.29 is 4.39 Å². The molecule has 2 aromatic carbocycles. The molecule has 2 nitrogen and oxygen atoms in total. The Morgan fingerprint density at radius 3 is 2.53 bits per heavy atom. The van der Waals surface area contributed by atoms with Crippen molar-refractivity contribution in [2.45, 2.75) is 0 Å². The Bertz CT molecular complexity index is 619. The fourth-order valence-corrected chi connectivity index (χ4v) is 2.03. The third-order valence-corrected chi connectivity index (χ3v) is 3.31. The summed E-state index contributed by atoms with van der Waals surface area (Å²) in [6.07, 6.45) is 0. The highest BCUT2D eigenvalue weighted by molar-refractivity contribution is 7.80. The normalized spacial score (nSPS) is 10.1. The summed E-state index contributed by atoms with van der Waals surface area (Å²) in [5, 5.41) is 6.87. The van der Waals surface area contributed by atoms with Crippen LogP contribution in [0.25, 0.3) is 0 Å². The van der Waals surface area contributed by atoms with E-state index in [1.807, 2.05) is 0 Å². The van der Waals surface area contributed by atoms with Gasteiger partial charge < -0.3 is 10.6 Å². The van der Waals surface area contributed by atoms with Gasteiger partial charge in [0.15, 0.2) is 5.11 Å². The van der Waals surface area contributed by atoms with Crippen molar-refractivity contribution >= 4 is 51.9 Å². The summed E-state index contributed by atoms with van der Waals surface area (Å²) in [5.41, 5.74) is 1.14. The predicted octanol–water partition coefficient (Wildman–Crippen LogP) is 4.94. The molecule has 0 spiro atoms. The Labute approximate surface area is 125 Å². The summed E-state index contributed by atoms with van der Waals surface area (Å²) in [4.78, 5) is 0. The van der Waals surface area contributed by atoms with Gasteiger partial charge in [-0.2, -0.15) is 0 Å². The summed E-state index contributed by atoms with van der Waals surface area (Å²) in [6.45, 7) is 0. The van der Waals surface area contributed by atoms with Gasteiger partial charge in [0.2, 0.25) is 0 Å². The summed E-state index contributed by atoms with van der Waals surface area (Å²) in [5.74, 6) is -0.339. The summed E-state index contributed by atoms with van der Waals surface area (Å²) >= 11 is 17.0. The van der Waals surface area contributed by atoms with Crippen molar-refractivity contribution in [1.82, 2.24) is 0 Å². The quantitative estimate of drug-likeness (QED) is 0.768. The van der Waals surface area contributed by atoms with Gasteiger partial charge in [-0.1, -0.05) is 35.3 Å². The number of nitrogens with one attached hydrogen (secondary N) is 2. The molecule has 0 heterocycles. The molecule has 2 N–H and O–H groups in total. The van der Waals surface area contributed by atoms with Gasteiger partial charge in [-0.3, -0.25) is 0 Å². The molecule has 0 bridgehead atoms. The van der Waals surface area contributed by atoms with Crippen molar-refractivity contribution in [3.63, 3.8) is 0 Å². The zero-order chi connectivity index (χ0) is 13.8. The first-order chi connectivity index (χ1) is 9.06. The van der Waals surface area contributed by atoms with Gasteiger partial charge >= 0.3 is 0 Å². The van der Waals surface area contributed by atoms with Crippen LogP contribution in [0.1, 0.15) is 0 Å². The summed E-state index contributed by atoms with van der Waals surface area (Å²) in [7, 11) is 0. The molecule has 2 rings (SSSR count). The molecule has 19 heavy (non-hydrogen) atoms. The molecule has 0 radical (unpaired) electrons. The van der Waals surface area contributed by atoms with E-state index in [-0.39, 0.29) is 5.82 Å². The van der Waals surface area contributed by atoms with Crippen LogP contribution in [0.15, 0.2) is 42.5 Å². The van der Waals surface area contributed by atoms with Crippen LogP contribution in [0.3, 0.4) is 0 Å². The van der Waals surface area contributed by atoms with Crippen LogP contribution in [0.5, 0.6) is 0 Å². The summed E-state index contributed by atoms with van der Waals surface area (Å²) in [6, 6.07) is 11.2. The van der Waals surface area contributed by atoms with Gasteiger partial charge in [0.1, 0.15) is 5.82 Å². The molecule has 0 aliphatic rings. The number of anilines is 2. The third-order valence-electron chi connectivity index (χ3n) is 2.28. The number of hydrogen-bond donors (Lipinski definition) is 2. The number of halogens is 3. The molecule has 0 fully saturated rings. The highest BCUT2D eigenvalue weighted by Crippen LogP contribution is 2.29. The van der Waals surface area contributed by atoms with Crippen LogP contribution >= 0.6 is 35.4 Å². The lowest BCUT2D eigenvalue weighted by Gasteiger charge is -2.12. The molecule has 6 heteroatoms. The highest BCUT2D eigenvalue weighted by Gasteiger charge is 2.06. The van der Waals surface area contributed by atoms with E-state index in [1.165, 1.54) is 12.1 Å². The molecule has 0 aromatic heterocycles. The number of hydrogen-bond acceptors (Lipinski definition) is 1. The van der Waals surface area contributed by atoms with Crippen LogP contribution in [-0.4, -0.2) is 5.11 Å². The van der Waals surface area contributed by atoms with E-state index in [4.69, 9.17) is 35.4 Å². The van der Waals surface area contributed by atoms with Crippen LogP contribution < -0.4 is 10.6 Å². The van der Waals surface area contributed by atoms with Crippen LogP contribution in [0.2, 0.25) is 10.0 Å². The Kier molecular flexibility index (Phi) is 4.58. The average molecular weight is 315 g/mol. The smallest absolute Gasteiger partial charge is 0.175 e. The minimum atomic E-state index is -0.339. The van der Waals surface area contributed by atoms with Crippen molar-refractivity contribution in [1.29, 1.82) is 0 Å². The zero-order valence-corrected chi connectivity index (χ0v) is 11.9. The van der Waals surface area contributed by atoms with Crippen LogP contribution in [0, 0.1) is 5.82 Å². The first kappa shape index (κ1) is 14.1. The van der Waals surface area contributed by atoms with E-state index in [0.29, 0.717) is 26.5 Å². The van der Waals surface area contributed by atoms with Gasteiger partial charge in [0.25, 0.3) is 0 Å². The van der Waals surface area contributed by atoms with Crippen LogP contribution in [-0.2, 0) is 0 Å². The maximum Gasteiger partial charge on any atom is 0.175 e. The lowest BCUT2D eigenvalue weighted by atomic mass is 10.3. The fraction of sp³-hybridized carbons (Fsp3) is 0. The maximum atomic E-state index is 13.0. The Morgan fingerprint density at radius 1 is 1.05 bits per heavy atom. The Balaban J connectivity index is 2.08. The van der Waals surface area contributed by atoms with E-state index < -0.39 is 0 Å². The van der Waals surface area contributed by atoms with Gasteiger partial charge in [-0.05, 0) is 42.5 Å². The maximum absolute atomic E-state index is 13.0. The molecule has 0 saturated carbocycles. The third kappa shape index (κ3) is 3.80. The van der Waals surface area contributed by atoms with Gasteiger partial charge in [0, 0.05) is 5.69 Å². The summed E-state index contributed by atoms with van der Waals surface area (Å²) < 4.78 is 13.0. The van der Waals surface area contributed by atoms with E-state index in [1.54, 1.807) is 30.3 Å². The predicted molar refractivity (Wildman–Crippen MR) is 82.7 cm³/mol. The highest BCUT2D eigenvalue weighted by atomic mass is 35.5. The molecule has 2 aromatic rings. The van der Waals surface area contributed by atoms with Crippen molar-refractivity contribution in [2.75, 3.05) is 10.6 Å². The SMILES string of the molecule is Fc1cccc(NC(=S)Nc2cccc(Cl)c2Cl)c1. The Morgan fingerprint density at radius 2 is 1.79 bits per heavy atom. The van der Waals surface area contributed by atoms with E-state index in [2.05, 4.69) is 10.6 Å². The second kappa shape index (κ2) is 6.19. The second-order valence-electron chi connectivity index (χ2n) is 3.69. The largest absolute Gasteiger partial charge is 0.332 e. The molecule has 98 valence electrons. The Hall–Kier alpha value is -1.36. The van der Waals surface area contributed by atoms with Gasteiger partial charge in [-0.25, -0.2) is 4.39 Å². The van der Waals surface area contributed by atoms with Crippen LogP contribution in [0.4, 0.5) is 15.8 Å². The van der Waals surface area contributed by atoms with Gasteiger partial charge in [0.05, 0.1) is 15.7 Å². The molecule has 0 aliphatic carbocycles. The minimum Gasteiger partial charge on any atom is -0.332 e. The number of benzene rings is 2. The zero-order valence-electron chi connectivity index (χ0n) is 9.58. The van der Waals surface area contributed by atoms with Crippen molar-refractivity contribution in [3.05, 3.63) is 58.3 Å². The lowest BCUT2D eigenvalue weighted by Crippen LogP contribution is -2.19. The number of thiocarbonyl (C=S) groups is 1. The lowest BCUT2D eigenvalue weighted by molar-refractivity contribution is 0.628. The molecule has 0 saturated heterocycles. The minimum absolute atomic E-state index is 0.301. The number of rotatable bonds is 2. The topological polar surface area (TPSA) is 24.1 Å². The second-order valence-corrected chi connectivity index (χ2v) is 4.88.